The smallest absolute Gasteiger partial charge is 0.0733 e. The zero-order chi connectivity index (χ0) is 11.7. The lowest BCUT2D eigenvalue weighted by molar-refractivity contribution is 0.0688. The van der Waals surface area contributed by atoms with Gasteiger partial charge in [0.15, 0.2) is 0 Å². The van der Waals surface area contributed by atoms with Crippen molar-refractivity contribution < 1.29 is 9.84 Å². The number of fused-ring (bicyclic) bond motifs is 2. The molecule has 3 nitrogen and oxygen atoms in total. The molecule has 1 saturated carbocycles. The molecule has 0 aromatic rings. The summed E-state index contributed by atoms with van der Waals surface area (Å²) >= 11 is 0. The van der Waals surface area contributed by atoms with Gasteiger partial charge in [0.05, 0.1) is 12.2 Å². The van der Waals surface area contributed by atoms with Crippen LogP contribution in [-0.2, 0) is 4.74 Å². The number of aliphatic hydroxyl groups is 1. The van der Waals surface area contributed by atoms with Crippen molar-refractivity contribution in [3.63, 3.8) is 0 Å². The van der Waals surface area contributed by atoms with Gasteiger partial charge in [0.25, 0.3) is 0 Å². The first-order valence-corrected chi connectivity index (χ1v) is 7.31. The average molecular weight is 239 g/mol. The number of aliphatic hydroxyl groups excluding tert-OH is 1. The highest BCUT2D eigenvalue weighted by Crippen LogP contribution is 2.37. The molecular formula is C14H25NO2. The molecule has 1 aliphatic carbocycles. The minimum Gasteiger partial charge on any atom is -0.396 e. The first kappa shape index (κ1) is 11.9. The molecule has 3 aliphatic rings. The topological polar surface area (TPSA) is 41.5 Å². The molecule has 0 radical (unpaired) electrons. The van der Waals surface area contributed by atoms with E-state index in [1.807, 2.05) is 0 Å². The summed E-state index contributed by atoms with van der Waals surface area (Å²) in [7, 11) is 0. The van der Waals surface area contributed by atoms with Crippen molar-refractivity contribution in [1.29, 1.82) is 0 Å². The van der Waals surface area contributed by atoms with Gasteiger partial charge in [-0.3, -0.25) is 0 Å². The molecule has 3 fully saturated rings. The fourth-order valence-electron chi connectivity index (χ4n) is 3.89. The first-order valence-electron chi connectivity index (χ1n) is 7.31. The van der Waals surface area contributed by atoms with E-state index in [0.29, 0.717) is 24.9 Å². The second-order valence-corrected chi connectivity index (χ2v) is 6.32. The van der Waals surface area contributed by atoms with Crippen LogP contribution in [0.2, 0.25) is 0 Å². The molecule has 3 rings (SSSR count). The monoisotopic (exact) mass is 239 g/mol. The lowest BCUT2D eigenvalue weighted by Crippen LogP contribution is -2.46. The number of rotatable bonds is 4. The number of ether oxygens (including phenoxy) is 1. The Morgan fingerprint density at radius 2 is 2.00 bits per heavy atom. The van der Waals surface area contributed by atoms with Gasteiger partial charge in [0.2, 0.25) is 0 Å². The molecular weight excluding hydrogens is 214 g/mol. The van der Waals surface area contributed by atoms with Gasteiger partial charge in [-0.25, -0.2) is 0 Å². The second kappa shape index (κ2) is 4.87. The van der Waals surface area contributed by atoms with Gasteiger partial charge in [-0.05, 0) is 32.1 Å². The second-order valence-electron chi connectivity index (χ2n) is 6.32. The molecule has 0 aromatic carbocycles. The molecule has 0 spiro atoms. The van der Waals surface area contributed by atoms with Crippen LogP contribution in [0.5, 0.6) is 0 Å². The van der Waals surface area contributed by atoms with Crippen LogP contribution >= 0.6 is 0 Å². The van der Waals surface area contributed by atoms with E-state index >= 15 is 0 Å². The summed E-state index contributed by atoms with van der Waals surface area (Å²) in [6.07, 6.45) is 11.0. The predicted octanol–water partition coefficient (Wildman–Crippen LogP) is 1.84. The highest BCUT2D eigenvalue weighted by Gasteiger charge is 2.41. The maximum Gasteiger partial charge on any atom is 0.0733 e. The summed E-state index contributed by atoms with van der Waals surface area (Å²) in [6, 6.07) is 0.555. The largest absolute Gasteiger partial charge is 0.396 e. The Morgan fingerprint density at radius 3 is 2.59 bits per heavy atom. The zero-order valence-corrected chi connectivity index (χ0v) is 10.7. The highest BCUT2D eigenvalue weighted by atomic mass is 16.5. The zero-order valence-electron chi connectivity index (χ0n) is 10.7. The Morgan fingerprint density at radius 1 is 1.18 bits per heavy atom. The maximum absolute atomic E-state index is 9.68. The van der Waals surface area contributed by atoms with E-state index in [-0.39, 0.29) is 5.41 Å². The Kier molecular flexibility index (Phi) is 3.42. The van der Waals surface area contributed by atoms with Crippen molar-refractivity contribution in [3.05, 3.63) is 0 Å². The fourth-order valence-corrected chi connectivity index (χ4v) is 3.89. The third-order valence-electron chi connectivity index (χ3n) is 5.09. The summed E-state index contributed by atoms with van der Waals surface area (Å²) in [5.74, 6) is 0. The Labute approximate surface area is 104 Å². The van der Waals surface area contributed by atoms with Crippen LogP contribution in [0.1, 0.15) is 51.4 Å². The van der Waals surface area contributed by atoms with E-state index in [2.05, 4.69) is 5.32 Å². The average Bonchev–Trinajstić information content (AvgIpc) is 3.00. The quantitative estimate of drug-likeness (QED) is 0.786. The number of hydrogen-bond acceptors (Lipinski definition) is 3. The third kappa shape index (κ3) is 2.38. The Bertz CT molecular complexity index is 263. The lowest BCUT2D eigenvalue weighted by atomic mass is 9.74. The van der Waals surface area contributed by atoms with Crippen LogP contribution in [0.15, 0.2) is 0 Å². The van der Waals surface area contributed by atoms with Crippen molar-refractivity contribution in [2.24, 2.45) is 5.41 Å². The lowest BCUT2D eigenvalue weighted by Gasteiger charge is -2.37. The molecule has 0 aromatic heterocycles. The van der Waals surface area contributed by atoms with E-state index in [1.165, 1.54) is 51.4 Å². The molecule has 2 saturated heterocycles. The first-order chi connectivity index (χ1) is 8.31. The number of hydrogen-bond donors (Lipinski definition) is 2. The number of nitrogens with one attached hydrogen (secondary N) is 1. The van der Waals surface area contributed by atoms with Gasteiger partial charge < -0.3 is 15.2 Å². The minimum atomic E-state index is 0.167. The molecule has 2 bridgehead atoms. The van der Waals surface area contributed by atoms with E-state index in [1.54, 1.807) is 0 Å². The molecule has 17 heavy (non-hydrogen) atoms. The normalized spacial score (nSPS) is 39.7. The fraction of sp³-hybridized carbons (Fsp3) is 1.00. The van der Waals surface area contributed by atoms with E-state index in [0.717, 1.165) is 6.54 Å². The predicted molar refractivity (Wildman–Crippen MR) is 66.9 cm³/mol. The van der Waals surface area contributed by atoms with Crippen molar-refractivity contribution in [3.8, 4) is 0 Å². The molecule has 3 unspecified atom stereocenters. The minimum absolute atomic E-state index is 0.167. The van der Waals surface area contributed by atoms with E-state index in [4.69, 9.17) is 4.74 Å². The van der Waals surface area contributed by atoms with Gasteiger partial charge in [-0.15, -0.1) is 0 Å². The van der Waals surface area contributed by atoms with E-state index in [9.17, 15) is 5.11 Å². The van der Waals surface area contributed by atoms with Crippen molar-refractivity contribution in [2.75, 3.05) is 13.2 Å². The van der Waals surface area contributed by atoms with Gasteiger partial charge in [-0.1, -0.05) is 19.3 Å². The van der Waals surface area contributed by atoms with Gasteiger partial charge in [-0.2, -0.15) is 0 Å². The summed E-state index contributed by atoms with van der Waals surface area (Å²) in [5.41, 5.74) is 0.167. The SMILES string of the molecule is OCC1(CNC2CC3CCC2O3)CCCCC1. The Balaban J connectivity index is 1.52. The molecule has 3 heteroatoms. The van der Waals surface area contributed by atoms with Crippen molar-refractivity contribution in [1.82, 2.24) is 5.32 Å². The van der Waals surface area contributed by atoms with Gasteiger partial charge in [0, 0.05) is 24.6 Å². The summed E-state index contributed by atoms with van der Waals surface area (Å²) in [5, 5.41) is 13.4. The van der Waals surface area contributed by atoms with Crippen LogP contribution in [0, 0.1) is 5.41 Å². The third-order valence-corrected chi connectivity index (χ3v) is 5.09. The standard InChI is InChI=1S/C14H25NO2/c16-10-14(6-2-1-3-7-14)9-15-12-8-11-4-5-13(12)17-11/h11-13,15-16H,1-10H2. The van der Waals surface area contributed by atoms with Crippen LogP contribution in [-0.4, -0.2) is 36.5 Å². The van der Waals surface area contributed by atoms with Gasteiger partial charge in [0.1, 0.15) is 0 Å². The van der Waals surface area contributed by atoms with Crippen LogP contribution < -0.4 is 5.32 Å². The van der Waals surface area contributed by atoms with E-state index < -0.39 is 0 Å². The van der Waals surface area contributed by atoms with Gasteiger partial charge >= 0.3 is 0 Å². The van der Waals surface area contributed by atoms with Crippen LogP contribution in [0.25, 0.3) is 0 Å². The molecule has 0 amide bonds. The summed E-state index contributed by atoms with van der Waals surface area (Å²) < 4.78 is 5.87. The molecule has 2 heterocycles. The molecule has 3 atom stereocenters. The Hall–Kier alpha value is -0.120. The molecule has 98 valence electrons. The van der Waals surface area contributed by atoms with Crippen LogP contribution in [0.3, 0.4) is 0 Å². The molecule has 2 N–H and O–H groups in total. The van der Waals surface area contributed by atoms with Crippen LogP contribution in [0.4, 0.5) is 0 Å². The highest BCUT2D eigenvalue weighted by molar-refractivity contribution is 4.95. The van der Waals surface area contributed by atoms with Crippen molar-refractivity contribution in [2.45, 2.75) is 69.6 Å². The summed E-state index contributed by atoms with van der Waals surface area (Å²) in [4.78, 5) is 0. The van der Waals surface area contributed by atoms with Crippen molar-refractivity contribution >= 4 is 0 Å². The maximum atomic E-state index is 9.68. The summed E-state index contributed by atoms with van der Waals surface area (Å²) in [6.45, 7) is 1.34. The molecule has 2 aliphatic heterocycles.